The Morgan fingerprint density at radius 2 is 1.90 bits per heavy atom. The number of aromatic carboxylic acids is 1. The van der Waals surface area contributed by atoms with Gasteiger partial charge < -0.3 is 9.84 Å². The van der Waals surface area contributed by atoms with Crippen LogP contribution in [0.2, 0.25) is 0 Å². The van der Waals surface area contributed by atoms with Crippen LogP contribution in [0.15, 0.2) is 0 Å². The Hall–Kier alpha value is -2.05. The fourth-order valence-corrected chi connectivity index (χ4v) is 2.29. The van der Waals surface area contributed by atoms with Gasteiger partial charge in [0.2, 0.25) is 0 Å². The summed E-state index contributed by atoms with van der Waals surface area (Å²) in [6, 6.07) is -0.0447. The molecule has 7 nitrogen and oxygen atoms in total. The maximum Gasteiger partial charge on any atom is 0.410 e. The third-order valence-electron chi connectivity index (χ3n) is 3.12. The van der Waals surface area contributed by atoms with Gasteiger partial charge in [-0.05, 0) is 34.6 Å². The fourth-order valence-electron chi connectivity index (χ4n) is 2.29. The number of carboxylic acids is 1. The summed E-state index contributed by atoms with van der Waals surface area (Å²) in [7, 11) is 0. The molecule has 0 saturated heterocycles. The number of carboxylic acid groups (broad SMARTS) is 1. The predicted molar refractivity (Wildman–Crippen MR) is 75.1 cm³/mol. The van der Waals surface area contributed by atoms with Crippen molar-refractivity contribution in [1.82, 2.24) is 14.7 Å². The summed E-state index contributed by atoms with van der Waals surface area (Å²) in [6.07, 6.45) is -0.451. The van der Waals surface area contributed by atoms with Gasteiger partial charge in [0.25, 0.3) is 0 Å². The molecule has 1 N–H and O–H groups in total. The number of fused-ring (bicyclic) bond motifs is 1. The predicted octanol–water partition coefficient (Wildman–Crippen LogP) is 2.41. The van der Waals surface area contributed by atoms with Crippen LogP contribution in [0.25, 0.3) is 0 Å². The molecule has 0 spiro atoms. The van der Waals surface area contributed by atoms with E-state index >= 15 is 0 Å². The maximum absolute atomic E-state index is 12.0. The van der Waals surface area contributed by atoms with Crippen molar-refractivity contribution in [1.29, 1.82) is 0 Å². The lowest BCUT2D eigenvalue weighted by atomic mass is 10.2. The first-order chi connectivity index (χ1) is 9.60. The second-order valence-corrected chi connectivity index (χ2v) is 6.45. The highest BCUT2D eigenvalue weighted by molar-refractivity contribution is 5.88. The zero-order chi connectivity index (χ0) is 15.9. The number of ether oxygens (including phenoxy) is 1. The van der Waals surface area contributed by atoms with Gasteiger partial charge in [0.05, 0.1) is 18.8 Å². The van der Waals surface area contributed by atoms with Gasteiger partial charge in [0.15, 0.2) is 5.69 Å². The lowest BCUT2D eigenvalue weighted by molar-refractivity contribution is 0.0237. The number of hydrogen-bond donors (Lipinski definition) is 1. The van der Waals surface area contributed by atoms with Gasteiger partial charge >= 0.3 is 12.1 Å². The molecular weight excluding hydrogens is 274 g/mol. The largest absolute Gasteiger partial charge is 0.477 e. The first-order valence-corrected chi connectivity index (χ1v) is 6.91. The molecule has 1 aliphatic rings. The van der Waals surface area contributed by atoms with Gasteiger partial charge in [-0.2, -0.15) is 5.10 Å². The molecule has 7 heteroatoms. The van der Waals surface area contributed by atoms with Crippen LogP contribution >= 0.6 is 0 Å². The molecule has 116 valence electrons. The molecule has 2 heterocycles. The molecule has 0 atom stereocenters. The van der Waals surface area contributed by atoms with Crippen molar-refractivity contribution in [2.45, 2.75) is 59.4 Å². The molecule has 1 aliphatic heterocycles. The molecule has 1 aromatic rings. The van der Waals surface area contributed by atoms with Gasteiger partial charge in [-0.15, -0.1) is 0 Å². The molecule has 0 aliphatic carbocycles. The molecule has 0 bridgehead atoms. The second-order valence-electron chi connectivity index (χ2n) is 6.45. The first-order valence-electron chi connectivity index (χ1n) is 6.91. The minimum absolute atomic E-state index is 0.0447. The summed E-state index contributed by atoms with van der Waals surface area (Å²) in [5.41, 5.74) is 0.810. The van der Waals surface area contributed by atoms with Crippen molar-refractivity contribution < 1.29 is 19.4 Å². The van der Waals surface area contributed by atoms with Crippen LogP contribution in [0.5, 0.6) is 0 Å². The summed E-state index contributed by atoms with van der Waals surface area (Å²) in [4.78, 5) is 25.0. The van der Waals surface area contributed by atoms with E-state index in [9.17, 15) is 14.7 Å². The Kier molecular flexibility index (Phi) is 3.69. The summed E-state index contributed by atoms with van der Waals surface area (Å²) < 4.78 is 6.80. The average molecular weight is 295 g/mol. The van der Waals surface area contributed by atoms with E-state index in [0.29, 0.717) is 11.3 Å². The number of rotatable bonds is 2. The lowest BCUT2D eigenvalue weighted by Gasteiger charge is -2.24. The van der Waals surface area contributed by atoms with Crippen LogP contribution in [0.1, 0.15) is 62.4 Å². The minimum atomic E-state index is -1.02. The van der Waals surface area contributed by atoms with E-state index in [4.69, 9.17) is 4.74 Å². The van der Waals surface area contributed by atoms with E-state index in [2.05, 4.69) is 5.10 Å². The average Bonchev–Trinajstić information content (AvgIpc) is 2.81. The minimum Gasteiger partial charge on any atom is -0.477 e. The SMILES string of the molecule is CC(C)n1nc2c(c1C(=O)O)CN(C(=O)OC(C)(C)C)C2. The van der Waals surface area contributed by atoms with E-state index in [-0.39, 0.29) is 24.8 Å². The number of carbonyl (C=O) groups excluding carboxylic acids is 1. The molecule has 2 rings (SSSR count). The molecule has 1 amide bonds. The normalized spacial score (nSPS) is 14.5. The van der Waals surface area contributed by atoms with Crippen LogP contribution in [0.3, 0.4) is 0 Å². The zero-order valence-electron chi connectivity index (χ0n) is 13.0. The van der Waals surface area contributed by atoms with Crippen molar-refractivity contribution in [2.24, 2.45) is 0 Å². The Labute approximate surface area is 123 Å². The highest BCUT2D eigenvalue weighted by Crippen LogP contribution is 2.28. The quantitative estimate of drug-likeness (QED) is 0.905. The molecule has 21 heavy (non-hydrogen) atoms. The fraction of sp³-hybridized carbons (Fsp3) is 0.643. The van der Waals surface area contributed by atoms with E-state index in [1.165, 1.54) is 9.58 Å². The van der Waals surface area contributed by atoms with Crippen LogP contribution < -0.4 is 0 Å². The van der Waals surface area contributed by atoms with Crippen molar-refractivity contribution in [3.8, 4) is 0 Å². The van der Waals surface area contributed by atoms with Crippen molar-refractivity contribution in [2.75, 3.05) is 0 Å². The van der Waals surface area contributed by atoms with Crippen LogP contribution in [0, 0.1) is 0 Å². The van der Waals surface area contributed by atoms with Crippen LogP contribution in [-0.4, -0.2) is 37.5 Å². The molecule has 1 aromatic heterocycles. The second kappa shape index (κ2) is 5.05. The van der Waals surface area contributed by atoms with Crippen molar-refractivity contribution >= 4 is 12.1 Å². The third-order valence-corrected chi connectivity index (χ3v) is 3.12. The standard InChI is InChI=1S/C14H21N3O4/c1-8(2)17-11(12(18)19)9-6-16(7-10(9)15-17)13(20)21-14(3,4)5/h8H,6-7H2,1-5H3,(H,18,19). The molecule has 0 saturated carbocycles. The van der Waals surface area contributed by atoms with E-state index < -0.39 is 17.7 Å². The Morgan fingerprint density at radius 3 is 2.38 bits per heavy atom. The van der Waals surface area contributed by atoms with Crippen LogP contribution in [-0.2, 0) is 17.8 Å². The Bertz CT molecular complexity index is 584. The van der Waals surface area contributed by atoms with E-state index in [1.807, 2.05) is 13.8 Å². The highest BCUT2D eigenvalue weighted by atomic mass is 16.6. The molecule has 0 fully saturated rings. The molecule has 0 aromatic carbocycles. The summed E-state index contributed by atoms with van der Waals surface area (Å²) in [5, 5.41) is 13.7. The van der Waals surface area contributed by atoms with Gasteiger partial charge in [-0.25, -0.2) is 9.59 Å². The molecule has 0 radical (unpaired) electrons. The maximum atomic E-state index is 12.0. The molecular formula is C14H21N3O4. The monoisotopic (exact) mass is 295 g/mol. The van der Waals surface area contributed by atoms with Crippen molar-refractivity contribution in [3.63, 3.8) is 0 Å². The van der Waals surface area contributed by atoms with Gasteiger partial charge in [0.1, 0.15) is 5.60 Å². The van der Waals surface area contributed by atoms with E-state index in [1.54, 1.807) is 20.8 Å². The van der Waals surface area contributed by atoms with Gasteiger partial charge in [-0.3, -0.25) is 9.58 Å². The summed E-state index contributed by atoms with van der Waals surface area (Å²) in [6.45, 7) is 9.63. The number of hydrogen-bond acceptors (Lipinski definition) is 4. The van der Waals surface area contributed by atoms with Gasteiger partial charge in [0, 0.05) is 11.6 Å². The zero-order valence-corrected chi connectivity index (χ0v) is 13.0. The van der Waals surface area contributed by atoms with Crippen LogP contribution in [0.4, 0.5) is 4.79 Å². The smallest absolute Gasteiger partial charge is 0.410 e. The number of amides is 1. The van der Waals surface area contributed by atoms with Gasteiger partial charge in [-0.1, -0.05) is 0 Å². The topological polar surface area (TPSA) is 84.7 Å². The number of nitrogens with zero attached hydrogens (tertiary/aromatic N) is 3. The number of carbonyl (C=O) groups is 2. The highest BCUT2D eigenvalue weighted by Gasteiger charge is 2.35. The summed E-state index contributed by atoms with van der Waals surface area (Å²) >= 11 is 0. The first kappa shape index (κ1) is 15.3. The summed E-state index contributed by atoms with van der Waals surface area (Å²) in [5.74, 6) is -1.02. The van der Waals surface area contributed by atoms with E-state index in [0.717, 1.165) is 0 Å². The number of aromatic nitrogens is 2. The molecule has 0 unspecified atom stereocenters. The Balaban J connectivity index is 2.24. The van der Waals surface area contributed by atoms with Crippen molar-refractivity contribution in [3.05, 3.63) is 17.0 Å². The Morgan fingerprint density at radius 1 is 1.29 bits per heavy atom. The lowest BCUT2D eigenvalue weighted by Crippen LogP contribution is -2.34. The third kappa shape index (κ3) is 3.01.